The van der Waals surface area contributed by atoms with Gasteiger partial charge in [0.05, 0.1) is 13.2 Å². The molecule has 0 bridgehead atoms. The number of rotatable bonds is 2. The maximum Gasteiger partial charge on any atom is 0.326 e. The molecule has 0 aromatic carbocycles. The van der Waals surface area contributed by atoms with E-state index < -0.39 is 5.54 Å². The van der Waals surface area contributed by atoms with Gasteiger partial charge >= 0.3 is 5.97 Å². The smallest absolute Gasteiger partial charge is 0.326 e. The largest absolute Gasteiger partial charge is 0.458 e. The van der Waals surface area contributed by atoms with Gasteiger partial charge in [-0.1, -0.05) is 0 Å². The summed E-state index contributed by atoms with van der Waals surface area (Å²) < 4.78 is 10.5. The lowest BCUT2D eigenvalue weighted by Gasteiger charge is -2.23. The molecule has 80 valence electrons. The van der Waals surface area contributed by atoms with Crippen molar-refractivity contribution in [1.29, 1.82) is 0 Å². The van der Waals surface area contributed by atoms with E-state index in [1.807, 2.05) is 6.92 Å². The van der Waals surface area contributed by atoms with Gasteiger partial charge in [0.1, 0.15) is 11.6 Å². The van der Waals surface area contributed by atoms with Crippen LogP contribution in [0.2, 0.25) is 0 Å². The minimum absolute atomic E-state index is 0.0262. The van der Waals surface area contributed by atoms with Crippen molar-refractivity contribution in [2.45, 2.75) is 37.8 Å². The highest BCUT2D eigenvalue weighted by Gasteiger charge is 2.39. The Hall–Kier alpha value is -0.610. The van der Waals surface area contributed by atoms with Crippen molar-refractivity contribution in [2.24, 2.45) is 0 Å². The van der Waals surface area contributed by atoms with E-state index in [9.17, 15) is 4.79 Å². The number of hydrogen-bond donors (Lipinski definition) is 1. The maximum absolute atomic E-state index is 11.8. The first-order valence-electron chi connectivity index (χ1n) is 5.24. The molecule has 4 nitrogen and oxygen atoms in total. The highest BCUT2D eigenvalue weighted by Crippen LogP contribution is 2.22. The van der Waals surface area contributed by atoms with Gasteiger partial charge in [0, 0.05) is 6.42 Å². The van der Waals surface area contributed by atoms with Crippen LogP contribution in [0.3, 0.4) is 0 Å². The Morgan fingerprint density at radius 2 is 2.50 bits per heavy atom. The van der Waals surface area contributed by atoms with E-state index in [1.165, 1.54) is 0 Å². The minimum atomic E-state index is -0.456. The van der Waals surface area contributed by atoms with Crippen LogP contribution in [-0.2, 0) is 14.3 Å². The van der Waals surface area contributed by atoms with E-state index in [1.54, 1.807) is 0 Å². The molecule has 2 atom stereocenters. The topological polar surface area (TPSA) is 47.6 Å². The van der Waals surface area contributed by atoms with Crippen molar-refractivity contribution >= 4 is 5.97 Å². The van der Waals surface area contributed by atoms with Gasteiger partial charge in [-0.3, -0.25) is 4.79 Å². The first kappa shape index (κ1) is 9.93. The Balaban J connectivity index is 1.87. The van der Waals surface area contributed by atoms with Crippen LogP contribution < -0.4 is 5.32 Å². The standard InChI is InChI=1S/C10H17NO3/c1-10(4-2-5-11-10)9(12)14-8-3-6-13-7-8/h8,11H,2-7H2,1H3. The number of esters is 1. The van der Waals surface area contributed by atoms with Crippen LogP contribution in [0.15, 0.2) is 0 Å². The molecule has 0 radical (unpaired) electrons. The molecule has 2 saturated heterocycles. The summed E-state index contributed by atoms with van der Waals surface area (Å²) in [6, 6.07) is 0. The normalized spacial score (nSPS) is 37.4. The van der Waals surface area contributed by atoms with Crippen LogP contribution in [0.1, 0.15) is 26.2 Å². The van der Waals surface area contributed by atoms with E-state index in [4.69, 9.17) is 9.47 Å². The van der Waals surface area contributed by atoms with Crippen LogP contribution in [0, 0.1) is 0 Å². The average Bonchev–Trinajstić information content (AvgIpc) is 2.76. The van der Waals surface area contributed by atoms with Gasteiger partial charge in [-0.05, 0) is 26.3 Å². The second-order valence-electron chi connectivity index (χ2n) is 4.25. The van der Waals surface area contributed by atoms with E-state index in [0.717, 1.165) is 25.8 Å². The van der Waals surface area contributed by atoms with Gasteiger partial charge < -0.3 is 14.8 Å². The lowest BCUT2D eigenvalue weighted by molar-refractivity contribution is -0.155. The van der Waals surface area contributed by atoms with E-state index in [2.05, 4.69) is 5.32 Å². The number of ether oxygens (including phenoxy) is 2. The van der Waals surface area contributed by atoms with E-state index in [-0.39, 0.29) is 12.1 Å². The molecule has 2 fully saturated rings. The molecule has 4 heteroatoms. The van der Waals surface area contributed by atoms with E-state index >= 15 is 0 Å². The fraction of sp³-hybridized carbons (Fsp3) is 0.900. The summed E-state index contributed by atoms with van der Waals surface area (Å²) >= 11 is 0. The molecule has 2 aliphatic heterocycles. The fourth-order valence-corrected chi connectivity index (χ4v) is 1.96. The third-order valence-electron chi connectivity index (χ3n) is 2.98. The van der Waals surface area contributed by atoms with Crippen molar-refractivity contribution in [1.82, 2.24) is 5.32 Å². The van der Waals surface area contributed by atoms with Crippen molar-refractivity contribution in [2.75, 3.05) is 19.8 Å². The summed E-state index contributed by atoms with van der Waals surface area (Å²) in [7, 11) is 0. The van der Waals surface area contributed by atoms with Crippen molar-refractivity contribution < 1.29 is 14.3 Å². The molecule has 2 unspecified atom stereocenters. The Labute approximate surface area is 84.0 Å². The van der Waals surface area contributed by atoms with E-state index in [0.29, 0.717) is 13.2 Å². The van der Waals surface area contributed by atoms with Crippen LogP contribution >= 0.6 is 0 Å². The highest BCUT2D eigenvalue weighted by atomic mass is 16.6. The zero-order chi connectivity index (χ0) is 10.0. The Morgan fingerprint density at radius 1 is 1.64 bits per heavy atom. The van der Waals surface area contributed by atoms with Crippen LogP contribution in [0.25, 0.3) is 0 Å². The van der Waals surface area contributed by atoms with Gasteiger partial charge in [0.2, 0.25) is 0 Å². The second kappa shape index (κ2) is 3.87. The fourth-order valence-electron chi connectivity index (χ4n) is 1.96. The molecule has 0 aromatic heterocycles. The molecular weight excluding hydrogens is 182 g/mol. The summed E-state index contributed by atoms with van der Waals surface area (Å²) in [6.07, 6.45) is 2.73. The molecule has 2 heterocycles. The molecule has 0 spiro atoms. The van der Waals surface area contributed by atoms with Gasteiger partial charge in [-0.25, -0.2) is 0 Å². The summed E-state index contributed by atoms with van der Waals surface area (Å²) in [5.41, 5.74) is -0.456. The molecule has 0 aliphatic carbocycles. The Morgan fingerprint density at radius 3 is 3.07 bits per heavy atom. The zero-order valence-electron chi connectivity index (χ0n) is 8.54. The molecule has 2 aliphatic rings. The average molecular weight is 199 g/mol. The quantitative estimate of drug-likeness (QED) is 0.656. The summed E-state index contributed by atoms with van der Waals surface area (Å²) in [6.45, 7) is 4.09. The first-order valence-corrected chi connectivity index (χ1v) is 5.24. The molecule has 0 amide bonds. The van der Waals surface area contributed by atoms with Gasteiger partial charge in [-0.15, -0.1) is 0 Å². The molecule has 2 rings (SSSR count). The van der Waals surface area contributed by atoms with Crippen molar-refractivity contribution in [3.05, 3.63) is 0 Å². The molecule has 14 heavy (non-hydrogen) atoms. The second-order valence-corrected chi connectivity index (χ2v) is 4.25. The van der Waals surface area contributed by atoms with Crippen LogP contribution in [0.5, 0.6) is 0 Å². The molecule has 0 aromatic rings. The molecule has 0 saturated carbocycles. The predicted molar refractivity (Wildman–Crippen MR) is 51.0 cm³/mol. The van der Waals surface area contributed by atoms with Crippen molar-refractivity contribution in [3.8, 4) is 0 Å². The Bertz CT molecular complexity index is 217. The lowest BCUT2D eigenvalue weighted by Crippen LogP contribution is -2.47. The third-order valence-corrected chi connectivity index (χ3v) is 2.98. The minimum Gasteiger partial charge on any atom is -0.458 e. The number of carbonyl (C=O) groups is 1. The monoisotopic (exact) mass is 199 g/mol. The third kappa shape index (κ3) is 1.91. The Kier molecular flexibility index (Phi) is 2.74. The predicted octanol–water partition coefficient (Wildman–Crippen LogP) is 0.461. The summed E-state index contributed by atoms with van der Waals surface area (Å²) in [4.78, 5) is 11.8. The number of hydrogen-bond acceptors (Lipinski definition) is 4. The number of nitrogens with one attached hydrogen (secondary N) is 1. The number of carbonyl (C=O) groups excluding carboxylic acids is 1. The SMILES string of the molecule is CC1(C(=O)OC2CCOC2)CCCN1. The van der Waals surface area contributed by atoms with Gasteiger partial charge in [-0.2, -0.15) is 0 Å². The van der Waals surface area contributed by atoms with Gasteiger partial charge in [0.25, 0.3) is 0 Å². The summed E-state index contributed by atoms with van der Waals surface area (Å²) in [5, 5.41) is 3.19. The van der Waals surface area contributed by atoms with Crippen LogP contribution in [-0.4, -0.2) is 37.4 Å². The zero-order valence-corrected chi connectivity index (χ0v) is 8.54. The maximum atomic E-state index is 11.8. The first-order chi connectivity index (χ1) is 6.71. The van der Waals surface area contributed by atoms with Gasteiger partial charge in [0.15, 0.2) is 0 Å². The van der Waals surface area contributed by atoms with Crippen LogP contribution in [0.4, 0.5) is 0 Å². The molecule has 1 N–H and O–H groups in total. The highest BCUT2D eigenvalue weighted by molar-refractivity contribution is 5.80. The van der Waals surface area contributed by atoms with Crippen molar-refractivity contribution in [3.63, 3.8) is 0 Å². The lowest BCUT2D eigenvalue weighted by atomic mass is 10.0. The molecular formula is C10H17NO3. The summed E-state index contributed by atoms with van der Waals surface area (Å²) in [5.74, 6) is -0.120.